The zero-order valence-corrected chi connectivity index (χ0v) is 11.2. The van der Waals surface area contributed by atoms with Gasteiger partial charge in [0.25, 0.3) is 5.91 Å². The molecule has 5 heteroatoms. The highest BCUT2D eigenvalue weighted by molar-refractivity contribution is 6.08. The number of esters is 1. The van der Waals surface area contributed by atoms with Gasteiger partial charge in [-0.2, -0.15) is 0 Å². The molecule has 1 rings (SSSR count). The van der Waals surface area contributed by atoms with Crippen molar-refractivity contribution in [3.63, 3.8) is 0 Å². The van der Waals surface area contributed by atoms with E-state index < -0.39 is 17.9 Å². The Morgan fingerprint density at radius 1 is 1.11 bits per heavy atom. The number of carbonyl (C=O) groups excluding carboxylic acids is 3. The van der Waals surface area contributed by atoms with Crippen molar-refractivity contribution in [3.05, 3.63) is 35.9 Å². The molecule has 1 atom stereocenters. The molecule has 0 saturated heterocycles. The van der Waals surface area contributed by atoms with E-state index in [4.69, 9.17) is 0 Å². The summed E-state index contributed by atoms with van der Waals surface area (Å²) in [5.74, 6) is -2.00. The molecule has 102 valence electrons. The minimum atomic E-state index is -1.27. The van der Waals surface area contributed by atoms with Crippen LogP contribution in [0.1, 0.15) is 24.2 Å². The first-order valence-electron chi connectivity index (χ1n) is 5.94. The van der Waals surface area contributed by atoms with Gasteiger partial charge in [0.05, 0.1) is 7.11 Å². The largest absolute Gasteiger partial charge is 0.467 e. The second-order valence-corrected chi connectivity index (χ2v) is 4.35. The first-order chi connectivity index (χ1) is 8.97. The predicted molar refractivity (Wildman–Crippen MR) is 69.6 cm³/mol. The molecule has 0 spiro atoms. The van der Waals surface area contributed by atoms with Gasteiger partial charge in [-0.25, -0.2) is 4.79 Å². The van der Waals surface area contributed by atoms with Gasteiger partial charge in [0, 0.05) is 11.5 Å². The Bertz CT molecular complexity index is 468. The van der Waals surface area contributed by atoms with Gasteiger partial charge >= 0.3 is 5.97 Å². The number of hydrogen-bond acceptors (Lipinski definition) is 4. The Morgan fingerprint density at radius 3 is 2.16 bits per heavy atom. The molecule has 0 saturated carbocycles. The van der Waals surface area contributed by atoms with Crippen molar-refractivity contribution < 1.29 is 19.1 Å². The SMILES string of the molecule is COC(=O)C(NC(=O)c1ccccc1)C(=O)C(C)C. The van der Waals surface area contributed by atoms with Gasteiger partial charge in [-0.3, -0.25) is 9.59 Å². The van der Waals surface area contributed by atoms with Crippen molar-refractivity contribution in [1.29, 1.82) is 0 Å². The molecule has 0 aliphatic carbocycles. The summed E-state index contributed by atoms with van der Waals surface area (Å²) in [6.07, 6.45) is 0. The summed E-state index contributed by atoms with van der Waals surface area (Å²) in [7, 11) is 1.18. The standard InChI is InChI=1S/C14H17NO4/c1-9(2)12(16)11(14(18)19-3)15-13(17)10-7-5-4-6-8-10/h4-9,11H,1-3H3,(H,15,17). The summed E-state index contributed by atoms with van der Waals surface area (Å²) in [6.45, 7) is 3.32. The lowest BCUT2D eigenvalue weighted by Crippen LogP contribution is -2.48. The molecule has 0 bridgehead atoms. The fourth-order valence-electron chi connectivity index (χ4n) is 1.50. The second kappa shape index (κ2) is 6.68. The maximum atomic E-state index is 11.9. The molecular weight excluding hydrogens is 246 g/mol. The van der Waals surface area contributed by atoms with Crippen LogP contribution in [0.2, 0.25) is 0 Å². The van der Waals surface area contributed by atoms with E-state index >= 15 is 0 Å². The number of amides is 1. The van der Waals surface area contributed by atoms with Crippen LogP contribution < -0.4 is 5.32 Å². The molecular formula is C14H17NO4. The second-order valence-electron chi connectivity index (χ2n) is 4.35. The minimum Gasteiger partial charge on any atom is -0.467 e. The molecule has 0 aliphatic rings. The van der Waals surface area contributed by atoms with Crippen molar-refractivity contribution >= 4 is 17.7 Å². The van der Waals surface area contributed by atoms with Crippen LogP contribution in [0.15, 0.2) is 30.3 Å². The topological polar surface area (TPSA) is 72.5 Å². The van der Waals surface area contributed by atoms with Crippen LogP contribution >= 0.6 is 0 Å². The average Bonchev–Trinajstić information content (AvgIpc) is 2.43. The molecule has 1 aromatic rings. The van der Waals surface area contributed by atoms with E-state index in [1.807, 2.05) is 0 Å². The van der Waals surface area contributed by atoms with E-state index in [9.17, 15) is 14.4 Å². The fourth-order valence-corrected chi connectivity index (χ4v) is 1.50. The van der Waals surface area contributed by atoms with Crippen molar-refractivity contribution in [2.24, 2.45) is 5.92 Å². The van der Waals surface area contributed by atoms with Crippen LogP contribution in [0, 0.1) is 5.92 Å². The van der Waals surface area contributed by atoms with Gasteiger partial charge < -0.3 is 10.1 Å². The summed E-state index contributed by atoms with van der Waals surface area (Å²) in [4.78, 5) is 35.4. The smallest absolute Gasteiger partial charge is 0.336 e. The first kappa shape index (κ1) is 14.9. The van der Waals surface area contributed by atoms with Gasteiger partial charge in [-0.1, -0.05) is 32.0 Å². The van der Waals surface area contributed by atoms with E-state index in [2.05, 4.69) is 10.1 Å². The van der Waals surface area contributed by atoms with E-state index in [0.29, 0.717) is 5.56 Å². The number of nitrogens with one attached hydrogen (secondary N) is 1. The lowest BCUT2D eigenvalue weighted by Gasteiger charge is -2.17. The minimum absolute atomic E-state index is 0.375. The van der Waals surface area contributed by atoms with Crippen LogP contribution in [-0.2, 0) is 14.3 Å². The molecule has 5 nitrogen and oxygen atoms in total. The molecule has 0 radical (unpaired) electrons. The molecule has 1 N–H and O–H groups in total. The number of ketones is 1. The molecule has 0 aromatic heterocycles. The number of methoxy groups -OCH3 is 1. The molecule has 1 amide bonds. The summed E-state index contributed by atoms with van der Waals surface area (Å²) in [5, 5.41) is 2.40. The van der Waals surface area contributed by atoms with Gasteiger partial charge in [-0.05, 0) is 12.1 Å². The normalized spacial score (nSPS) is 11.8. The van der Waals surface area contributed by atoms with Gasteiger partial charge in [0.15, 0.2) is 11.8 Å². The number of hydrogen-bond donors (Lipinski definition) is 1. The summed E-state index contributed by atoms with van der Waals surface area (Å²) < 4.78 is 4.55. The number of carbonyl (C=O) groups is 3. The summed E-state index contributed by atoms with van der Waals surface area (Å²) in [6, 6.07) is 7.11. The predicted octanol–water partition coefficient (Wildman–Crippen LogP) is 1.18. The van der Waals surface area contributed by atoms with Crippen molar-refractivity contribution in [2.75, 3.05) is 7.11 Å². The average molecular weight is 263 g/mol. The Balaban J connectivity index is 2.87. The van der Waals surface area contributed by atoms with Crippen molar-refractivity contribution in [1.82, 2.24) is 5.32 Å². The zero-order valence-electron chi connectivity index (χ0n) is 11.2. The lowest BCUT2D eigenvalue weighted by atomic mass is 10.0. The molecule has 19 heavy (non-hydrogen) atoms. The maximum Gasteiger partial charge on any atom is 0.336 e. The Labute approximate surface area is 111 Å². The van der Waals surface area contributed by atoms with Crippen molar-refractivity contribution in [3.8, 4) is 0 Å². The summed E-state index contributed by atoms with van der Waals surface area (Å²) in [5.41, 5.74) is 0.382. The molecule has 0 fully saturated rings. The van der Waals surface area contributed by atoms with E-state index in [1.54, 1.807) is 44.2 Å². The van der Waals surface area contributed by atoms with Gasteiger partial charge in [0.2, 0.25) is 0 Å². The van der Waals surface area contributed by atoms with E-state index in [1.165, 1.54) is 7.11 Å². The third-order valence-electron chi connectivity index (χ3n) is 2.60. The molecule has 0 heterocycles. The van der Waals surface area contributed by atoms with Crippen molar-refractivity contribution in [2.45, 2.75) is 19.9 Å². The summed E-state index contributed by atoms with van der Waals surface area (Å²) >= 11 is 0. The lowest BCUT2D eigenvalue weighted by molar-refractivity contribution is -0.147. The Kier molecular flexibility index (Phi) is 5.23. The molecule has 0 aliphatic heterocycles. The fraction of sp³-hybridized carbons (Fsp3) is 0.357. The highest BCUT2D eigenvalue weighted by Crippen LogP contribution is 2.04. The quantitative estimate of drug-likeness (QED) is 0.639. The Hall–Kier alpha value is -2.17. The third-order valence-corrected chi connectivity index (χ3v) is 2.60. The van der Waals surface area contributed by atoms with Gasteiger partial charge in [-0.15, -0.1) is 0 Å². The van der Waals surface area contributed by atoms with E-state index in [-0.39, 0.29) is 11.7 Å². The number of ether oxygens (including phenoxy) is 1. The Morgan fingerprint density at radius 2 is 1.68 bits per heavy atom. The highest BCUT2D eigenvalue weighted by Gasteiger charge is 2.31. The highest BCUT2D eigenvalue weighted by atomic mass is 16.5. The van der Waals surface area contributed by atoms with Crippen LogP contribution in [0.3, 0.4) is 0 Å². The van der Waals surface area contributed by atoms with Gasteiger partial charge in [0.1, 0.15) is 0 Å². The van der Waals surface area contributed by atoms with Crippen LogP contribution in [0.25, 0.3) is 0 Å². The zero-order chi connectivity index (χ0) is 14.4. The third kappa shape index (κ3) is 3.91. The number of rotatable bonds is 5. The monoisotopic (exact) mass is 263 g/mol. The molecule has 1 unspecified atom stereocenters. The van der Waals surface area contributed by atoms with Crippen LogP contribution in [-0.4, -0.2) is 30.8 Å². The van der Waals surface area contributed by atoms with Crippen LogP contribution in [0.4, 0.5) is 0 Å². The van der Waals surface area contributed by atoms with Crippen LogP contribution in [0.5, 0.6) is 0 Å². The molecule has 1 aromatic carbocycles. The first-order valence-corrected chi connectivity index (χ1v) is 5.94. The number of Topliss-reactive ketones (excluding diaryl/α,β-unsaturated/α-hetero) is 1. The van der Waals surface area contributed by atoms with E-state index in [0.717, 1.165) is 0 Å². The maximum absolute atomic E-state index is 11.9. The number of benzene rings is 1.